The van der Waals surface area contributed by atoms with E-state index in [0.29, 0.717) is 0 Å². The Hall–Kier alpha value is -0.573. The molecule has 0 aromatic carbocycles. The predicted octanol–water partition coefficient (Wildman–Crippen LogP) is 4.87. The molecule has 0 aromatic rings. The summed E-state index contributed by atoms with van der Waals surface area (Å²) in [7, 11) is -0.287. The molecule has 0 atom stereocenters. The minimum absolute atomic E-state index is 0.287. The summed E-state index contributed by atoms with van der Waals surface area (Å²) in [6.45, 7) is 9.93. The monoisotopic (exact) mass is 272 g/mol. The maximum absolute atomic E-state index is 9.25. The fourth-order valence-corrected chi connectivity index (χ4v) is 5.73. The van der Waals surface area contributed by atoms with Gasteiger partial charge in [0.15, 0.2) is 0 Å². The molecule has 3 heteroatoms. The van der Waals surface area contributed by atoms with Gasteiger partial charge in [0, 0.05) is 14.9 Å². The van der Waals surface area contributed by atoms with Gasteiger partial charge in [0.05, 0.1) is 0 Å². The van der Waals surface area contributed by atoms with Crippen molar-refractivity contribution >= 4 is 14.8 Å². The van der Waals surface area contributed by atoms with Crippen LogP contribution in [0.5, 0.6) is 0 Å². The van der Waals surface area contributed by atoms with Crippen LogP contribution in [-0.2, 0) is 4.79 Å². The lowest BCUT2D eigenvalue weighted by atomic mass is 10.4. The van der Waals surface area contributed by atoms with Crippen LogP contribution >= 0.6 is 0 Å². The molecule has 0 aliphatic heterocycles. The summed E-state index contributed by atoms with van der Waals surface area (Å²) in [6, 6.07) is 4.86. The quantitative estimate of drug-likeness (QED) is 0.455. The first-order valence-corrected chi connectivity index (χ1v) is 9.92. The van der Waals surface area contributed by atoms with E-state index >= 15 is 0 Å². The number of hydrogen-bond donors (Lipinski definition) is 1. The standard InChI is InChI=1S/C12H28Si.C3H4O2/c1-4-7-10-13(11-8-5-2)12-9-6-3;1-2-3(4)5/h13H,4-12H2,1-3H3;2H,1H2,(H,4,5). The molecule has 0 heterocycles. The first kappa shape index (κ1) is 19.8. The number of unbranched alkanes of at least 4 members (excludes halogenated alkanes) is 3. The van der Waals surface area contributed by atoms with E-state index in [1.54, 1.807) is 18.1 Å². The third kappa shape index (κ3) is 17.8. The van der Waals surface area contributed by atoms with Crippen molar-refractivity contribution in [3.63, 3.8) is 0 Å². The number of aliphatic carboxylic acids is 1. The van der Waals surface area contributed by atoms with Gasteiger partial charge in [-0.25, -0.2) is 4.79 Å². The molecule has 0 aliphatic carbocycles. The second-order valence-electron chi connectivity index (χ2n) is 4.84. The van der Waals surface area contributed by atoms with Crippen LogP contribution in [-0.4, -0.2) is 19.9 Å². The maximum Gasteiger partial charge on any atom is 0.327 e. The van der Waals surface area contributed by atoms with Gasteiger partial charge in [-0.2, -0.15) is 0 Å². The Morgan fingerprint density at radius 2 is 1.28 bits per heavy atom. The van der Waals surface area contributed by atoms with Crippen LogP contribution in [0.1, 0.15) is 59.3 Å². The van der Waals surface area contributed by atoms with E-state index in [2.05, 4.69) is 27.4 Å². The van der Waals surface area contributed by atoms with Gasteiger partial charge in [-0.3, -0.25) is 0 Å². The van der Waals surface area contributed by atoms with Crippen LogP contribution < -0.4 is 0 Å². The third-order valence-corrected chi connectivity index (χ3v) is 6.75. The lowest BCUT2D eigenvalue weighted by molar-refractivity contribution is -0.131. The Labute approximate surface area is 115 Å². The molecular formula is C15H32O2Si. The van der Waals surface area contributed by atoms with Crippen LogP contribution in [0.25, 0.3) is 0 Å². The smallest absolute Gasteiger partial charge is 0.327 e. The molecule has 0 aliphatic rings. The number of hydrogen-bond acceptors (Lipinski definition) is 1. The summed E-state index contributed by atoms with van der Waals surface area (Å²) in [5.74, 6) is -0.981. The molecule has 18 heavy (non-hydrogen) atoms. The highest BCUT2D eigenvalue weighted by Crippen LogP contribution is 2.16. The van der Waals surface area contributed by atoms with Crippen LogP contribution in [0, 0.1) is 0 Å². The zero-order valence-corrected chi connectivity index (χ0v) is 13.7. The lowest BCUT2D eigenvalue weighted by Crippen LogP contribution is -2.11. The molecule has 0 unspecified atom stereocenters. The zero-order valence-electron chi connectivity index (χ0n) is 12.6. The summed E-state index contributed by atoms with van der Waals surface area (Å²) in [5, 5.41) is 7.60. The Kier molecular flexibility index (Phi) is 18.0. The van der Waals surface area contributed by atoms with Gasteiger partial charge in [-0.1, -0.05) is 84.0 Å². The van der Waals surface area contributed by atoms with Crippen molar-refractivity contribution in [2.75, 3.05) is 0 Å². The molecule has 0 bridgehead atoms. The van der Waals surface area contributed by atoms with Crippen molar-refractivity contribution in [2.45, 2.75) is 77.4 Å². The van der Waals surface area contributed by atoms with E-state index in [1.165, 1.54) is 38.5 Å². The molecular weight excluding hydrogens is 240 g/mol. The van der Waals surface area contributed by atoms with E-state index in [0.717, 1.165) is 6.08 Å². The van der Waals surface area contributed by atoms with E-state index in [4.69, 9.17) is 5.11 Å². The molecule has 0 rings (SSSR count). The van der Waals surface area contributed by atoms with Gasteiger partial charge < -0.3 is 5.11 Å². The first-order chi connectivity index (χ1) is 8.62. The minimum atomic E-state index is -0.981. The summed E-state index contributed by atoms with van der Waals surface area (Å²) < 4.78 is 0. The third-order valence-electron chi connectivity index (χ3n) is 3.07. The summed E-state index contributed by atoms with van der Waals surface area (Å²) in [4.78, 5) is 9.25. The van der Waals surface area contributed by atoms with E-state index in [-0.39, 0.29) is 8.80 Å². The summed E-state index contributed by atoms with van der Waals surface area (Å²) >= 11 is 0. The molecule has 1 N–H and O–H groups in total. The number of carboxylic acid groups (broad SMARTS) is 1. The number of rotatable bonds is 10. The van der Waals surface area contributed by atoms with Crippen LogP contribution in [0.15, 0.2) is 12.7 Å². The number of carbonyl (C=O) groups is 1. The zero-order chi connectivity index (χ0) is 14.2. The van der Waals surface area contributed by atoms with E-state index in [9.17, 15) is 4.79 Å². The topological polar surface area (TPSA) is 37.3 Å². The molecule has 0 aromatic heterocycles. The molecule has 0 saturated carbocycles. The van der Waals surface area contributed by atoms with Gasteiger partial charge in [-0.15, -0.1) is 0 Å². The highest BCUT2D eigenvalue weighted by Gasteiger charge is 2.08. The van der Waals surface area contributed by atoms with Crippen molar-refractivity contribution in [1.29, 1.82) is 0 Å². The first-order valence-electron chi connectivity index (χ1n) is 7.47. The predicted molar refractivity (Wildman–Crippen MR) is 84.1 cm³/mol. The average Bonchev–Trinajstić information content (AvgIpc) is 2.38. The fraction of sp³-hybridized carbons (Fsp3) is 0.800. The summed E-state index contributed by atoms with van der Waals surface area (Å²) in [5.41, 5.74) is 0. The Bertz CT molecular complexity index is 174. The molecule has 0 fully saturated rings. The van der Waals surface area contributed by atoms with E-state index < -0.39 is 5.97 Å². The molecule has 2 nitrogen and oxygen atoms in total. The fourth-order valence-electron chi connectivity index (χ4n) is 1.91. The van der Waals surface area contributed by atoms with Crippen molar-refractivity contribution in [3.05, 3.63) is 12.7 Å². The Morgan fingerprint density at radius 1 is 1.00 bits per heavy atom. The minimum Gasteiger partial charge on any atom is -0.478 e. The van der Waals surface area contributed by atoms with Crippen LogP contribution in [0.3, 0.4) is 0 Å². The van der Waals surface area contributed by atoms with Gasteiger partial charge >= 0.3 is 5.97 Å². The van der Waals surface area contributed by atoms with Crippen molar-refractivity contribution in [3.8, 4) is 0 Å². The van der Waals surface area contributed by atoms with Crippen LogP contribution in [0.4, 0.5) is 0 Å². The van der Waals surface area contributed by atoms with Crippen molar-refractivity contribution in [2.24, 2.45) is 0 Å². The molecule has 0 amide bonds. The SMILES string of the molecule is C=CC(=O)O.CCCC[SiH](CCCC)CCCC. The summed E-state index contributed by atoms with van der Waals surface area (Å²) in [6.07, 6.45) is 9.56. The second-order valence-corrected chi connectivity index (χ2v) is 8.30. The van der Waals surface area contributed by atoms with Crippen molar-refractivity contribution in [1.82, 2.24) is 0 Å². The van der Waals surface area contributed by atoms with E-state index in [1.807, 2.05) is 0 Å². The van der Waals surface area contributed by atoms with Crippen molar-refractivity contribution < 1.29 is 9.90 Å². The van der Waals surface area contributed by atoms with Gasteiger partial charge in [0.25, 0.3) is 0 Å². The largest absolute Gasteiger partial charge is 0.478 e. The Morgan fingerprint density at radius 3 is 1.44 bits per heavy atom. The average molecular weight is 273 g/mol. The molecule has 108 valence electrons. The normalized spacial score (nSPS) is 9.78. The highest BCUT2D eigenvalue weighted by molar-refractivity contribution is 6.58. The van der Waals surface area contributed by atoms with Gasteiger partial charge in [0.2, 0.25) is 0 Å². The molecule has 0 radical (unpaired) electrons. The second kappa shape index (κ2) is 16.4. The molecule has 0 saturated heterocycles. The van der Waals surface area contributed by atoms with Gasteiger partial charge in [-0.05, 0) is 0 Å². The molecule has 0 spiro atoms. The Balaban J connectivity index is 0. The maximum atomic E-state index is 9.25. The van der Waals surface area contributed by atoms with Crippen LogP contribution in [0.2, 0.25) is 18.1 Å². The number of carboxylic acids is 1. The van der Waals surface area contributed by atoms with Gasteiger partial charge in [0.1, 0.15) is 0 Å². The lowest BCUT2D eigenvalue weighted by Gasteiger charge is -2.13. The highest BCUT2D eigenvalue weighted by atomic mass is 28.3.